The van der Waals surface area contributed by atoms with Crippen LogP contribution < -0.4 is 16.0 Å². The van der Waals surface area contributed by atoms with Crippen molar-refractivity contribution in [1.82, 2.24) is 10.3 Å². The summed E-state index contributed by atoms with van der Waals surface area (Å²) < 4.78 is 0. The summed E-state index contributed by atoms with van der Waals surface area (Å²) in [5, 5.41) is 2.47. The van der Waals surface area contributed by atoms with Crippen LogP contribution in [0.15, 0.2) is 6.20 Å². The molecule has 1 saturated heterocycles. The smallest absolute Gasteiger partial charge is 0.259 e. The first-order valence-electron chi connectivity index (χ1n) is 7.93. The standard InChI is InChI=1S/C16H20N4O2/c1-8-2-3-10-13-11(15(21)19-16(22)12(8)13)6-18-14(10)20-5-4-9(17)7-20/h6,8-9,12H,2-5,7,17H2,1H3,(H,19,21,22). The Hall–Kier alpha value is -1.95. The van der Waals surface area contributed by atoms with E-state index in [1.807, 2.05) is 0 Å². The van der Waals surface area contributed by atoms with Gasteiger partial charge in [-0.25, -0.2) is 4.98 Å². The molecule has 2 aliphatic heterocycles. The summed E-state index contributed by atoms with van der Waals surface area (Å²) in [7, 11) is 0. The van der Waals surface area contributed by atoms with Crippen LogP contribution in [-0.4, -0.2) is 35.9 Å². The number of rotatable bonds is 1. The van der Waals surface area contributed by atoms with E-state index in [4.69, 9.17) is 5.73 Å². The molecular weight excluding hydrogens is 280 g/mol. The van der Waals surface area contributed by atoms with Crippen LogP contribution >= 0.6 is 0 Å². The van der Waals surface area contributed by atoms with Crippen LogP contribution in [-0.2, 0) is 11.2 Å². The Bertz CT molecular complexity index is 672. The molecule has 1 aromatic rings. The van der Waals surface area contributed by atoms with Gasteiger partial charge in [-0.15, -0.1) is 0 Å². The Morgan fingerprint density at radius 1 is 1.36 bits per heavy atom. The first-order chi connectivity index (χ1) is 10.6. The number of anilines is 1. The zero-order chi connectivity index (χ0) is 15.4. The van der Waals surface area contributed by atoms with Crippen molar-refractivity contribution in [1.29, 1.82) is 0 Å². The first kappa shape index (κ1) is 13.7. The summed E-state index contributed by atoms with van der Waals surface area (Å²) in [4.78, 5) is 31.2. The van der Waals surface area contributed by atoms with Crippen LogP contribution in [0.2, 0.25) is 0 Å². The molecular formula is C16H20N4O2. The molecule has 2 amide bonds. The molecule has 3 heterocycles. The molecule has 3 aliphatic rings. The number of nitrogens with zero attached hydrogens (tertiary/aromatic N) is 2. The Morgan fingerprint density at radius 2 is 2.18 bits per heavy atom. The van der Waals surface area contributed by atoms with Crippen molar-refractivity contribution in [3.63, 3.8) is 0 Å². The average Bonchev–Trinajstić information content (AvgIpc) is 2.91. The van der Waals surface area contributed by atoms with E-state index in [9.17, 15) is 9.59 Å². The predicted molar refractivity (Wildman–Crippen MR) is 81.7 cm³/mol. The molecule has 0 aromatic carbocycles. The molecule has 4 rings (SSSR count). The third kappa shape index (κ3) is 1.86. The number of imide groups is 1. The minimum atomic E-state index is -0.316. The van der Waals surface area contributed by atoms with E-state index in [0.717, 1.165) is 49.3 Å². The lowest BCUT2D eigenvalue weighted by Gasteiger charge is -2.36. The quantitative estimate of drug-likeness (QED) is 0.740. The third-order valence-electron chi connectivity index (χ3n) is 5.22. The number of nitrogens with one attached hydrogen (secondary N) is 1. The third-order valence-corrected chi connectivity index (χ3v) is 5.22. The van der Waals surface area contributed by atoms with Gasteiger partial charge in [0.1, 0.15) is 5.82 Å². The van der Waals surface area contributed by atoms with E-state index in [1.54, 1.807) is 6.20 Å². The minimum absolute atomic E-state index is 0.166. The van der Waals surface area contributed by atoms with E-state index < -0.39 is 0 Å². The molecule has 0 spiro atoms. The van der Waals surface area contributed by atoms with Gasteiger partial charge >= 0.3 is 0 Å². The van der Waals surface area contributed by atoms with Crippen molar-refractivity contribution < 1.29 is 9.59 Å². The maximum atomic E-state index is 12.3. The van der Waals surface area contributed by atoms with Crippen LogP contribution in [0.3, 0.4) is 0 Å². The highest BCUT2D eigenvalue weighted by molar-refractivity contribution is 6.12. The lowest BCUT2D eigenvalue weighted by atomic mass is 9.72. The van der Waals surface area contributed by atoms with Crippen molar-refractivity contribution in [2.24, 2.45) is 11.7 Å². The van der Waals surface area contributed by atoms with Gasteiger partial charge < -0.3 is 10.6 Å². The highest BCUT2D eigenvalue weighted by atomic mass is 16.2. The molecule has 0 bridgehead atoms. The van der Waals surface area contributed by atoms with Gasteiger partial charge in [0, 0.05) is 25.3 Å². The van der Waals surface area contributed by atoms with Gasteiger partial charge in [0.05, 0.1) is 11.5 Å². The molecule has 3 N–H and O–H groups in total. The highest BCUT2D eigenvalue weighted by Gasteiger charge is 2.42. The molecule has 1 aliphatic carbocycles. The molecule has 22 heavy (non-hydrogen) atoms. The second-order valence-electron chi connectivity index (χ2n) is 6.69. The Labute approximate surface area is 129 Å². The molecule has 0 saturated carbocycles. The number of carbonyl (C=O) groups excluding carboxylic acids is 2. The normalized spacial score (nSPS) is 30.3. The van der Waals surface area contributed by atoms with Gasteiger partial charge in [0.2, 0.25) is 5.91 Å². The predicted octanol–water partition coefficient (Wildman–Crippen LogP) is 0.555. The summed E-state index contributed by atoms with van der Waals surface area (Å²) in [5.41, 5.74) is 8.58. The van der Waals surface area contributed by atoms with E-state index in [-0.39, 0.29) is 29.7 Å². The van der Waals surface area contributed by atoms with Gasteiger partial charge in [0.25, 0.3) is 5.91 Å². The van der Waals surface area contributed by atoms with Crippen molar-refractivity contribution in [3.05, 3.63) is 22.9 Å². The topological polar surface area (TPSA) is 88.3 Å². The van der Waals surface area contributed by atoms with Crippen LogP contribution in [0, 0.1) is 5.92 Å². The molecule has 3 atom stereocenters. The lowest BCUT2D eigenvalue weighted by Crippen LogP contribution is -2.45. The number of amides is 2. The Kier molecular flexibility index (Phi) is 2.97. The number of nitrogens with two attached hydrogens (primary N) is 1. The monoisotopic (exact) mass is 300 g/mol. The first-order valence-corrected chi connectivity index (χ1v) is 7.93. The van der Waals surface area contributed by atoms with E-state index >= 15 is 0 Å². The summed E-state index contributed by atoms with van der Waals surface area (Å²) in [5.74, 6) is 0.459. The fourth-order valence-corrected chi connectivity index (χ4v) is 4.06. The van der Waals surface area contributed by atoms with Crippen LogP contribution in [0.25, 0.3) is 0 Å². The summed E-state index contributed by atoms with van der Waals surface area (Å²) in [6.07, 6.45) is 4.40. The van der Waals surface area contributed by atoms with Crippen LogP contribution in [0.1, 0.15) is 47.2 Å². The number of hydrogen-bond donors (Lipinski definition) is 2. The summed E-state index contributed by atoms with van der Waals surface area (Å²) in [6, 6.07) is 0.174. The molecule has 6 nitrogen and oxygen atoms in total. The van der Waals surface area contributed by atoms with Gasteiger partial charge in [0.15, 0.2) is 0 Å². The van der Waals surface area contributed by atoms with Gasteiger partial charge in [-0.3, -0.25) is 14.9 Å². The molecule has 0 radical (unpaired) electrons. The van der Waals surface area contributed by atoms with E-state index in [1.165, 1.54) is 0 Å². The maximum absolute atomic E-state index is 12.3. The van der Waals surface area contributed by atoms with E-state index in [2.05, 4.69) is 22.1 Å². The molecule has 1 fully saturated rings. The van der Waals surface area contributed by atoms with Crippen molar-refractivity contribution in [2.45, 2.75) is 38.1 Å². The minimum Gasteiger partial charge on any atom is -0.355 e. The van der Waals surface area contributed by atoms with Crippen LogP contribution in [0.5, 0.6) is 0 Å². The maximum Gasteiger partial charge on any atom is 0.259 e. The van der Waals surface area contributed by atoms with Crippen LogP contribution in [0.4, 0.5) is 5.82 Å². The number of aromatic nitrogens is 1. The Morgan fingerprint density at radius 3 is 2.91 bits per heavy atom. The SMILES string of the molecule is CC1CCc2c(N3CCC(N)C3)ncc3c2C1C(=O)NC3=O. The number of hydrogen-bond acceptors (Lipinski definition) is 5. The average molecular weight is 300 g/mol. The molecule has 3 unspecified atom stereocenters. The van der Waals surface area contributed by atoms with Gasteiger partial charge in [-0.05, 0) is 36.3 Å². The Balaban J connectivity index is 1.87. The van der Waals surface area contributed by atoms with Crippen molar-refractivity contribution >= 4 is 17.6 Å². The second-order valence-corrected chi connectivity index (χ2v) is 6.69. The molecule has 1 aromatic heterocycles. The van der Waals surface area contributed by atoms with Crippen molar-refractivity contribution in [2.75, 3.05) is 18.0 Å². The zero-order valence-electron chi connectivity index (χ0n) is 12.6. The fraction of sp³-hybridized carbons (Fsp3) is 0.562. The highest BCUT2D eigenvalue weighted by Crippen LogP contribution is 2.43. The molecule has 116 valence electrons. The fourth-order valence-electron chi connectivity index (χ4n) is 4.06. The van der Waals surface area contributed by atoms with Gasteiger partial charge in [-0.2, -0.15) is 0 Å². The summed E-state index contributed by atoms with van der Waals surface area (Å²) >= 11 is 0. The summed E-state index contributed by atoms with van der Waals surface area (Å²) in [6.45, 7) is 3.76. The van der Waals surface area contributed by atoms with E-state index in [0.29, 0.717) is 5.56 Å². The molecule has 6 heteroatoms. The van der Waals surface area contributed by atoms with Gasteiger partial charge in [-0.1, -0.05) is 6.92 Å². The zero-order valence-corrected chi connectivity index (χ0v) is 12.6. The second kappa shape index (κ2) is 4.78. The lowest BCUT2D eigenvalue weighted by molar-refractivity contribution is -0.123. The number of carbonyl (C=O) groups is 2. The van der Waals surface area contributed by atoms with Crippen molar-refractivity contribution in [3.8, 4) is 0 Å². The number of pyridine rings is 1. The largest absolute Gasteiger partial charge is 0.355 e.